The highest BCUT2D eigenvalue weighted by Gasteiger charge is 2.11. The van der Waals surface area contributed by atoms with Gasteiger partial charge < -0.3 is 10.1 Å². The van der Waals surface area contributed by atoms with Crippen molar-refractivity contribution >= 4 is 0 Å². The number of methoxy groups -OCH3 is 1. The number of aromatic nitrogens is 3. The molecule has 0 spiro atoms. The van der Waals surface area contributed by atoms with Crippen LogP contribution >= 0.6 is 0 Å². The SMILES string of the molecule is COCCC(C)n1cc(CNC(C)(C)C)nn1. The van der Waals surface area contributed by atoms with Crippen molar-refractivity contribution < 1.29 is 4.74 Å². The number of hydrogen-bond donors (Lipinski definition) is 1. The molecule has 5 heteroatoms. The zero-order valence-electron chi connectivity index (χ0n) is 11.5. The van der Waals surface area contributed by atoms with Gasteiger partial charge in [0.2, 0.25) is 0 Å². The molecule has 1 atom stereocenters. The first-order valence-corrected chi connectivity index (χ1v) is 6.07. The van der Waals surface area contributed by atoms with E-state index in [1.807, 2.05) is 10.9 Å². The lowest BCUT2D eigenvalue weighted by molar-refractivity contribution is 0.178. The van der Waals surface area contributed by atoms with Crippen molar-refractivity contribution in [3.8, 4) is 0 Å². The lowest BCUT2D eigenvalue weighted by atomic mass is 10.1. The Bertz CT molecular complexity index is 329. The zero-order chi connectivity index (χ0) is 12.9. The Hall–Kier alpha value is -0.940. The molecule has 1 unspecified atom stereocenters. The van der Waals surface area contributed by atoms with Crippen LogP contribution in [0.4, 0.5) is 0 Å². The minimum Gasteiger partial charge on any atom is -0.385 e. The van der Waals surface area contributed by atoms with Crippen LogP contribution in [-0.4, -0.2) is 34.2 Å². The van der Waals surface area contributed by atoms with Gasteiger partial charge in [-0.05, 0) is 34.1 Å². The zero-order valence-corrected chi connectivity index (χ0v) is 11.5. The van der Waals surface area contributed by atoms with Crippen molar-refractivity contribution in [2.24, 2.45) is 0 Å². The van der Waals surface area contributed by atoms with Gasteiger partial charge in [0, 0.05) is 25.8 Å². The molecule has 17 heavy (non-hydrogen) atoms. The van der Waals surface area contributed by atoms with Gasteiger partial charge in [-0.3, -0.25) is 0 Å². The lowest BCUT2D eigenvalue weighted by Crippen LogP contribution is -2.35. The smallest absolute Gasteiger partial charge is 0.0965 e. The van der Waals surface area contributed by atoms with Gasteiger partial charge in [-0.25, -0.2) is 4.68 Å². The topological polar surface area (TPSA) is 52.0 Å². The van der Waals surface area contributed by atoms with Crippen molar-refractivity contribution in [1.29, 1.82) is 0 Å². The molecule has 0 aromatic carbocycles. The maximum absolute atomic E-state index is 5.06. The molecule has 0 bridgehead atoms. The number of nitrogens with zero attached hydrogens (tertiary/aromatic N) is 3. The Kier molecular flexibility index (Phi) is 5.08. The average molecular weight is 240 g/mol. The third kappa shape index (κ3) is 5.28. The van der Waals surface area contributed by atoms with Crippen LogP contribution in [0.2, 0.25) is 0 Å². The van der Waals surface area contributed by atoms with Crippen LogP contribution in [0, 0.1) is 0 Å². The van der Waals surface area contributed by atoms with Crippen LogP contribution in [0.3, 0.4) is 0 Å². The first-order valence-electron chi connectivity index (χ1n) is 6.07. The minimum atomic E-state index is 0.103. The van der Waals surface area contributed by atoms with Gasteiger partial charge in [0.15, 0.2) is 0 Å². The summed E-state index contributed by atoms with van der Waals surface area (Å²) in [7, 11) is 1.72. The highest BCUT2D eigenvalue weighted by molar-refractivity contribution is 4.94. The van der Waals surface area contributed by atoms with E-state index in [2.05, 4.69) is 43.3 Å². The fourth-order valence-electron chi connectivity index (χ4n) is 1.39. The van der Waals surface area contributed by atoms with Crippen molar-refractivity contribution in [2.75, 3.05) is 13.7 Å². The number of ether oxygens (including phenoxy) is 1. The second kappa shape index (κ2) is 6.12. The minimum absolute atomic E-state index is 0.103. The Morgan fingerprint density at radius 3 is 2.76 bits per heavy atom. The highest BCUT2D eigenvalue weighted by Crippen LogP contribution is 2.09. The van der Waals surface area contributed by atoms with E-state index in [-0.39, 0.29) is 5.54 Å². The summed E-state index contributed by atoms with van der Waals surface area (Å²) in [5.74, 6) is 0. The van der Waals surface area contributed by atoms with Crippen LogP contribution in [0.25, 0.3) is 0 Å². The molecule has 0 fully saturated rings. The molecular formula is C12H24N4O. The molecule has 1 aromatic rings. The van der Waals surface area contributed by atoms with Crippen molar-refractivity contribution in [2.45, 2.75) is 52.2 Å². The van der Waals surface area contributed by atoms with Crippen molar-refractivity contribution in [3.63, 3.8) is 0 Å². The van der Waals surface area contributed by atoms with E-state index < -0.39 is 0 Å². The Morgan fingerprint density at radius 1 is 1.47 bits per heavy atom. The number of hydrogen-bond acceptors (Lipinski definition) is 4. The molecule has 1 heterocycles. The number of nitrogens with one attached hydrogen (secondary N) is 1. The van der Waals surface area contributed by atoms with Crippen LogP contribution < -0.4 is 5.32 Å². The second-order valence-electron chi connectivity index (χ2n) is 5.42. The van der Waals surface area contributed by atoms with Crippen LogP contribution in [0.5, 0.6) is 0 Å². The first kappa shape index (κ1) is 14.1. The van der Waals surface area contributed by atoms with E-state index in [9.17, 15) is 0 Å². The summed E-state index contributed by atoms with van der Waals surface area (Å²) in [4.78, 5) is 0. The summed E-state index contributed by atoms with van der Waals surface area (Å²) < 4.78 is 6.96. The Balaban J connectivity index is 2.47. The first-order chi connectivity index (χ1) is 7.92. The standard InChI is InChI=1S/C12H24N4O/c1-10(6-7-17-5)16-9-11(14-15-16)8-13-12(2,3)4/h9-10,13H,6-8H2,1-5H3. The molecule has 0 aliphatic heterocycles. The van der Waals surface area contributed by atoms with Gasteiger partial charge in [-0.2, -0.15) is 0 Å². The normalized spacial score (nSPS) is 13.9. The number of rotatable bonds is 6. The highest BCUT2D eigenvalue weighted by atomic mass is 16.5. The summed E-state index contributed by atoms with van der Waals surface area (Å²) >= 11 is 0. The van der Waals surface area contributed by atoms with Crippen LogP contribution in [-0.2, 0) is 11.3 Å². The molecular weight excluding hydrogens is 216 g/mol. The second-order valence-corrected chi connectivity index (χ2v) is 5.42. The molecule has 1 rings (SSSR count). The predicted octanol–water partition coefficient (Wildman–Crippen LogP) is 1.76. The average Bonchev–Trinajstić information content (AvgIpc) is 2.70. The summed E-state index contributed by atoms with van der Waals surface area (Å²) in [6.07, 6.45) is 2.95. The van der Waals surface area contributed by atoms with E-state index in [4.69, 9.17) is 4.74 Å². The molecule has 0 aliphatic rings. The van der Waals surface area contributed by atoms with E-state index in [0.29, 0.717) is 6.04 Å². The van der Waals surface area contributed by atoms with E-state index in [1.54, 1.807) is 7.11 Å². The van der Waals surface area contributed by atoms with Gasteiger partial charge in [-0.1, -0.05) is 5.21 Å². The summed E-state index contributed by atoms with van der Waals surface area (Å²) in [5, 5.41) is 11.7. The quantitative estimate of drug-likeness (QED) is 0.823. The Morgan fingerprint density at radius 2 is 2.18 bits per heavy atom. The van der Waals surface area contributed by atoms with Crippen molar-refractivity contribution in [1.82, 2.24) is 20.3 Å². The van der Waals surface area contributed by atoms with Gasteiger partial charge in [-0.15, -0.1) is 5.10 Å². The molecule has 0 amide bonds. The third-order valence-electron chi connectivity index (χ3n) is 2.55. The molecule has 0 radical (unpaired) electrons. The molecule has 0 saturated carbocycles. The Labute approximate surface area is 104 Å². The van der Waals surface area contributed by atoms with Gasteiger partial charge in [0.1, 0.15) is 0 Å². The molecule has 0 saturated heterocycles. The molecule has 1 N–H and O–H groups in total. The maximum atomic E-state index is 5.06. The lowest BCUT2D eigenvalue weighted by Gasteiger charge is -2.19. The summed E-state index contributed by atoms with van der Waals surface area (Å²) in [6, 6.07) is 0.325. The van der Waals surface area contributed by atoms with Crippen molar-refractivity contribution in [3.05, 3.63) is 11.9 Å². The molecule has 5 nitrogen and oxygen atoms in total. The molecule has 0 aliphatic carbocycles. The molecule has 98 valence electrons. The summed E-state index contributed by atoms with van der Waals surface area (Å²) in [5.41, 5.74) is 1.08. The fourth-order valence-corrected chi connectivity index (χ4v) is 1.39. The van der Waals surface area contributed by atoms with E-state index in [0.717, 1.165) is 25.3 Å². The predicted molar refractivity (Wildman–Crippen MR) is 67.8 cm³/mol. The monoisotopic (exact) mass is 240 g/mol. The maximum Gasteiger partial charge on any atom is 0.0965 e. The third-order valence-corrected chi connectivity index (χ3v) is 2.55. The largest absolute Gasteiger partial charge is 0.385 e. The van der Waals surface area contributed by atoms with Crippen LogP contribution in [0.1, 0.15) is 45.9 Å². The molecule has 1 aromatic heterocycles. The fraction of sp³-hybridized carbons (Fsp3) is 0.833. The van der Waals surface area contributed by atoms with Gasteiger partial charge in [0.25, 0.3) is 0 Å². The summed E-state index contributed by atoms with van der Waals surface area (Å²) in [6.45, 7) is 10.0. The van der Waals surface area contributed by atoms with Crippen LogP contribution in [0.15, 0.2) is 6.20 Å². The van der Waals surface area contributed by atoms with Gasteiger partial charge >= 0.3 is 0 Å². The van der Waals surface area contributed by atoms with Gasteiger partial charge in [0.05, 0.1) is 17.9 Å². The van der Waals surface area contributed by atoms with E-state index >= 15 is 0 Å². The van der Waals surface area contributed by atoms with E-state index in [1.165, 1.54) is 0 Å².